The van der Waals surface area contributed by atoms with Gasteiger partial charge < -0.3 is 5.11 Å². The van der Waals surface area contributed by atoms with Gasteiger partial charge in [-0.3, -0.25) is 4.72 Å². The van der Waals surface area contributed by atoms with Crippen LogP contribution in [0.5, 0.6) is 0 Å². The summed E-state index contributed by atoms with van der Waals surface area (Å²) in [7, 11) is -3.33. The van der Waals surface area contributed by atoms with Gasteiger partial charge in [0.2, 0.25) is 10.0 Å². The topological polar surface area (TPSA) is 83.5 Å². The van der Waals surface area contributed by atoms with Gasteiger partial charge in [0.05, 0.1) is 6.26 Å². The smallest absolute Gasteiger partial charge is 0.346 e. The van der Waals surface area contributed by atoms with Crippen LogP contribution in [0.1, 0.15) is 15.2 Å². The van der Waals surface area contributed by atoms with E-state index in [-0.39, 0.29) is 4.88 Å². The summed E-state index contributed by atoms with van der Waals surface area (Å²) in [5.74, 6) is -0.966. The molecule has 0 aliphatic heterocycles. The van der Waals surface area contributed by atoms with Crippen LogP contribution in [-0.4, -0.2) is 25.7 Å². The van der Waals surface area contributed by atoms with Crippen molar-refractivity contribution in [3.8, 4) is 0 Å². The van der Waals surface area contributed by atoms with Gasteiger partial charge in [-0.25, -0.2) is 13.2 Å². The van der Waals surface area contributed by atoms with Crippen LogP contribution < -0.4 is 4.72 Å². The minimum atomic E-state index is -3.33. The van der Waals surface area contributed by atoms with Gasteiger partial charge in [-0.15, -0.1) is 11.3 Å². The number of aryl methyl sites for hydroxylation is 1. The lowest BCUT2D eigenvalue weighted by Gasteiger charge is -2.03. The average Bonchev–Trinajstić information content (AvgIpc) is 2.53. The lowest BCUT2D eigenvalue weighted by atomic mass is 10.1. The van der Waals surface area contributed by atoms with Crippen molar-refractivity contribution < 1.29 is 18.3 Å². The van der Waals surface area contributed by atoms with E-state index >= 15 is 0 Å². The fourth-order valence-corrected chi connectivity index (χ4v) is 3.35. The number of benzene rings is 1. The second-order valence-electron chi connectivity index (χ2n) is 3.95. The Balaban J connectivity index is 2.56. The number of rotatable bonds is 3. The van der Waals surface area contributed by atoms with Crippen molar-refractivity contribution in [2.45, 2.75) is 6.92 Å². The van der Waals surface area contributed by atoms with Crippen molar-refractivity contribution in [1.82, 2.24) is 0 Å². The lowest BCUT2D eigenvalue weighted by molar-refractivity contribution is 0.0701. The van der Waals surface area contributed by atoms with Crippen LogP contribution in [0.15, 0.2) is 18.2 Å². The highest BCUT2D eigenvalue weighted by Gasteiger charge is 2.14. The summed E-state index contributed by atoms with van der Waals surface area (Å²) in [5.41, 5.74) is 1.14. The largest absolute Gasteiger partial charge is 0.477 e. The Labute approximate surface area is 108 Å². The van der Waals surface area contributed by atoms with Crippen LogP contribution in [0.2, 0.25) is 0 Å². The van der Waals surface area contributed by atoms with Gasteiger partial charge in [0.1, 0.15) is 4.88 Å². The van der Waals surface area contributed by atoms with E-state index in [0.29, 0.717) is 11.3 Å². The lowest BCUT2D eigenvalue weighted by Crippen LogP contribution is -2.09. The summed E-state index contributed by atoms with van der Waals surface area (Å²) in [6.45, 7) is 1.74. The summed E-state index contributed by atoms with van der Waals surface area (Å²) in [5, 5.41) is 9.85. The number of sulfonamides is 1. The molecule has 1 aromatic heterocycles. The predicted octanol–water partition coefficient (Wildman–Crippen LogP) is 2.28. The van der Waals surface area contributed by atoms with Crippen molar-refractivity contribution in [2.24, 2.45) is 0 Å². The summed E-state index contributed by atoms with van der Waals surface area (Å²) in [4.78, 5) is 11.3. The zero-order valence-corrected chi connectivity index (χ0v) is 11.4. The number of nitrogens with one attached hydrogen (secondary N) is 1. The van der Waals surface area contributed by atoms with E-state index in [1.165, 1.54) is 0 Å². The number of carboxylic acids is 1. The molecule has 0 aliphatic rings. The minimum absolute atomic E-state index is 0.279. The highest BCUT2D eigenvalue weighted by molar-refractivity contribution is 7.92. The van der Waals surface area contributed by atoms with Gasteiger partial charge in [0, 0.05) is 10.4 Å². The van der Waals surface area contributed by atoms with Crippen LogP contribution >= 0.6 is 11.3 Å². The second kappa shape index (κ2) is 4.25. The number of hydrogen-bond donors (Lipinski definition) is 2. The normalized spacial score (nSPS) is 11.7. The van der Waals surface area contributed by atoms with E-state index in [1.54, 1.807) is 25.1 Å². The molecule has 0 unspecified atom stereocenters. The SMILES string of the molecule is Cc1c(C(=O)O)sc2cc(NS(C)(=O)=O)ccc12. The Kier molecular flexibility index (Phi) is 3.04. The van der Waals surface area contributed by atoms with Crippen molar-refractivity contribution in [3.05, 3.63) is 28.6 Å². The molecular formula is C11H11NO4S2. The van der Waals surface area contributed by atoms with Crippen LogP contribution in [0.4, 0.5) is 5.69 Å². The van der Waals surface area contributed by atoms with E-state index < -0.39 is 16.0 Å². The summed E-state index contributed by atoms with van der Waals surface area (Å²) in [6.07, 6.45) is 1.07. The van der Waals surface area contributed by atoms with E-state index in [4.69, 9.17) is 5.11 Å². The number of aromatic carboxylic acids is 1. The number of fused-ring (bicyclic) bond motifs is 1. The monoisotopic (exact) mass is 285 g/mol. The van der Waals surface area contributed by atoms with E-state index in [9.17, 15) is 13.2 Å². The van der Waals surface area contributed by atoms with E-state index in [1.807, 2.05) is 0 Å². The Hall–Kier alpha value is -1.60. The van der Waals surface area contributed by atoms with Crippen LogP contribution in [0.3, 0.4) is 0 Å². The van der Waals surface area contributed by atoms with Gasteiger partial charge in [-0.2, -0.15) is 0 Å². The van der Waals surface area contributed by atoms with Crippen molar-refractivity contribution in [3.63, 3.8) is 0 Å². The van der Waals surface area contributed by atoms with Gasteiger partial charge in [-0.05, 0) is 30.0 Å². The molecular weight excluding hydrogens is 274 g/mol. The number of carboxylic acid groups (broad SMARTS) is 1. The molecule has 96 valence electrons. The van der Waals surface area contributed by atoms with Crippen LogP contribution in [0.25, 0.3) is 10.1 Å². The predicted molar refractivity (Wildman–Crippen MR) is 72.0 cm³/mol. The molecule has 0 aliphatic carbocycles. The van der Waals surface area contributed by atoms with Crippen LogP contribution in [-0.2, 0) is 10.0 Å². The first-order valence-electron chi connectivity index (χ1n) is 5.02. The Morgan fingerprint density at radius 2 is 2.06 bits per heavy atom. The highest BCUT2D eigenvalue weighted by Crippen LogP contribution is 2.32. The van der Waals surface area contributed by atoms with Gasteiger partial charge in [0.15, 0.2) is 0 Å². The zero-order chi connectivity index (χ0) is 13.5. The number of carbonyl (C=O) groups is 1. The van der Waals surface area contributed by atoms with Crippen molar-refractivity contribution in [2.75, 3.05) is 11.0 Å². The molecule has 5 nitrogen and oxygen atoms in total. The molecule has 0 saturated heterocycles. The van der Waals surface area contributed by atoms with Crippen LogP contribution in [0, 0.1) is 6.92 Å². The maximum atomic E-state index is 11.1. The molecule has 2 aromatic rings. The molecule has 0 amide bonds. The summed E-state index contributed by atoms with van der Waals surface area (Å²) >= 11 is 1.14. The summed E-state index contributed by atoms with van der Waals surface area (Å²) in [6, 6.07) is 4.98. The highest BCUT2D eigenvalue weighted by atomic mass is 32.2. The standard InChI is InChI=1S/C11H11NO4S2/c1-6-8-4-3-7(12-18(2,15)16)5-9(8)17-10(6)11(13)14/h3-5,12H,1-2H3,(H,13,14). The third-order valence-corrected chi connectivity index (χ3v) is 4.28. The first-order valence-corrected chi connectivity index (χ1v) is 7.73. The van der Waals surface area contributed by atoms with Crippen molar-refractivity contribution in [1.29, 1.82) is 0 Å². The number of hydrogen-bond acceptors (Lipinski definition) is 4. The molecule has 1 aromatic carbocycles. The molecule has 7 heteroatoms. The third kappa shape index (κ3) is 2.46. The zero-order valence-electron chi connectivity index (χ0n) is 9.72. The quantitative estimate of drug-likeness (QED) is 0.906. The van der Waals surface area contributed by atoms with E-state index in [2.05, 4.69) is 4.72 Å². The van der Waals surface area contributed by atoms with Gasteiger partial charge >= 0.3 is 5.97 Å². The number of thiophene rings is 1. The molecule has 1 heterocycles. The molecule has 2 N–H and O–H groups in total. The summed E-state index contributed by atoms with van der Waals surface area (Å²) < 4.78 is 25.3. The maximum absolute atomic E-state index is 11.1. The number of anilines is 1. The molecule has 0 bridgehead atoms. The Morgan fingerprint density at radius 1 is 1.39 bits per heavy atom. The minimum Gasteiger partial charge on any atom is -0.477 e. The first kappa shape index (κ1) is 12.8. The molecule has 0 atom stereocenters. The molecule has 18 heavy (non-hydrogen) atoms. The second-order valence-corrected chi connectivity index (χ2v) is 6.75. The van der Waals surface area contributed by atoms with Crippen molar-refractivity contribution >= 4 is 43.1 Å². The Bertz CT molecular complexity index is 731. The molecule has 0 fully saturated rings. The fraction of sp³-hybridized carbons (Fsp3) is 0.182. The molecule has 0 saturated carbocycles. The Morgan fingerprint density at radius 3 is 2.61 bits per heavy atom. The molecule has 2 rings (SSSR count). The van der Waals surface area contributed by atoms with Gasteiger partial charge in [-0.1, -0.05) is 6.07 Å². The molecule has 0 radical (unpaired) electrons. The average molecular weight is 285 g/mol. The third-order valence-electron chi connectivity index (χ3n) is 2.44. The maximum Gasteiger partial charge on any atom is 0.346 e. The van der Waals surface area contributed by atoms with E-state index in [0.717, 1.165) is 27.7 Å². The van der Waals surface area contributed by atoms with Gasteiger partial charge in [0.25, 0.3) is 0 Å². The first-order chi connectivity index (χ1) is 8.28. The molecule has 0 spiro atoms. The fourth-order valence-electron chi connectivity index (χ4n) is 1.71.